The molecule has 2 heterocycles. The number of β-amino-alcohol motifs (C(OH)–C–C–N with tert-alkyl or cyclic N) is 1. The third kappa shape index (κ3) is 3.07. The van der Waals surface area contributed by atoms with E-state index in [2.05, 4.69) is 17.1 Å². The van der Waals surface area contributed by atoms with Crippen molar-refractivity contribution >= 4 is 0 Å². The molecule has 1 fully saturated rings. The van der Waals surface area contributed by atoms with Crippen molar-refractivity contribution in [3.05, 3.63) is 24.2 Å². The molecule has 0 amide bonds. The molecule has 0 aromatic carbocycles. The molecule has 2 N–H and O–H groups in total. The van der Waals surface area contributed by atoms with Crippen molar-refractivity contribution in [1.82, 2.24) is 10.2 Å². The van der Waals surface area contributed by atoms with Crippen LogP contribution < -0.4 is 5.32 Å². The maximum atomic E-state index is 10.1. The molecule has 0 spiro atoms. The third-order valence-corrected chi connectivity index (χ3v) is 2.89. The van der Waals surface area contributed by atoms with Crippen molar-refractivity contribution in [2.45, 2.75) is 32.0 Å². The Morgan fingerprint density at radius 1 is 1.69 bits per heavy atom. The van der Waals surface area contributed by atoms with Crippen molar-refractivity contribution in [2.24, 2.45) is 0 Å². The molecule has 0 aliphatic carbocycles. The highest BCUT2D eigenvalue weighted by molar-refractivity contribution is 4.99. The fourth-order valence-electron chi connectivity index (χ4n) is 2.19. The van der Waals surface area contributed by atoms with Crippen LogP contribution in [0.15, 0.2) is 22.8 Å². The van der Waals surface area contributed by atoms with Crippen LogP contribution in [0.4, 0.5) is 0 Å². The summed E-state index contributed by atoms with van der Waals surface area (Å²) in [5.74, 6) is 0.949. The Kier molecular flexibility index (Phi) is 3.33. The zero-order valence-corrected chi connectivity index (χ0v) is 9.94. The van der Waals surface area contributed by atoms with E-state index in [-0.39, 0.29) is 0 Å². The van der Waals surface area contributed by atoms with Gasteiger partial charge in [0.05, 0.1) is 18.4 Å². The number of rotatable bonds is 2. The minimum absolute atomic E-state index is 0.393. The molecule has 0 radical (unpaired) electrons. The molecule has 16 heavy (non-hydrogen) atoms. The molecule has 0 saturated carbocycles. The zero-order valence-electron chi connectivity index (χ0n) is 9.94. The molecular weight excluding hydrogens is 204 g/mol. The Hall–Kier alpha value is -0.840. The Balaban J connectivity index is 2.01. The Labute approximate surface area is 96.2 Å². The molecule has 90 valence electrons. The highest BCUT2D eigenvalue weighted by Crippen LogP contribution is 2.14. The van der Waals surface area contributed by atoms with E-state index >= 15 is 0 Å². The fourth-order valence-corrected chi connectivity index (χ4v) is 2.19. The lowest BCUT2D eigenvalue weighted by atomic mass is 10.1. The van der Waals surface area contributed by atoms with Gasteiger partial charge in [-0.1, -0.05) is 0 Å². The van der Waals surface area contributed by atoms with Gasteiger partial charge in [-0.2, -0.15) is 0 Å². The topological polar surface area (TPSA) is 48.6 Å². The molecule has 2 rings (SSSR count). The molecule has 1 saturated heterocycles. The molecule has 4 nitrogen and oxygen atoms in total. The van der Waals surface area contributed by atoms with Crippen molar-refractivity contribution < 1.29 is 9.52 Å². The van der Waals surface area contributed by atoms with Gasteiger partial charge in [0.15, 0.2) is 0 Å². The predicted molar refractivity (Wildman–Crippen MR) is 62.1 cm³/mol. The van der Waals surface area contributed by atoms with E-state index < -0.39 is 5.60 Å². The largest absolute Gasteiger partial charge is 0.468 e. The van der Waals surface area contributed by atoms with Gasteiger partial charge in [0, 0.05) is 25.7 Å². The number of hydrogen-bond acceptors (Lipinski definition) is 4. The first-order valence-electron chi connectivity index (χ1n) is 5.76. The molecule has 2 atom stereocenters. The summed E-state index contributed by atoms with van der Waals surface area (Å²) in [5, 5.41) is 13.5. The summed E-state index contributed by atoms with van der Waals surface area (Å²) < 4.78 is 5.34. The van der Waals surface area contributed by atoms with Crippen molar-refractivity contribution in [2.75, 3.05) is 19.6 Å². The number of nitrogens with zero attached hydrogens (tertiary/aromatic N) is 1. The van der Waals surface area contributed by atoms with Gasteiger partial charge < -0.3 is 14.8 Å². The van der Waals surface area contributed by atoms with Gasteiger partial charge in [-0.25, -0.2) is 0 Å². The summed E-state index contributed by atoms with van der Waals surface area (Å²) in [5.41, 5.74) is -0.669. The maximum Gasteiger partial charge on any atom is 0.117 e. The van der Waals surface area contributed by atoms with Crippen LogP contribution in [0.3, 0.4) is 0 Å². The van der Waals surface area contributed by atoms with Crippen LogP contribution in [0, 0.1) is 0 Å². The normalized spacial score (nSPS) is 32.6. The van der Waals surface area contributed by atoms with Gasteiger partial charge in [0.1, 0.15) is 5.76 Å². The lowest BCUT2D eigenvalue weighted by Gasteiger charge is -2.27. The first kappa shape index (κ1) is 11.6. The maximum absolute atomic E-state index is 10.1. The third-order valence-electron chi connectivity index (χ3n) is 2.89. The summed E-state index contributed by atoms with van der Waals surface area (Å²) >= 11 is 0. The lowest BCUT2D eigenvalue weighted by Crippen LogP contribution is -2.43. The van der Waals surface area contributed by atoms with Crippen LogP contribution in [0.2, 0.25) is 0 Å². The predicted octanol–water partition coefficient (Wildman–Crippen LogP) is 0.824. The fraction of sp³-hybridized carbons (Fsp3) is 0.667. The monoisotopic (exact) mass is 224 g/mol. The molecular formula is C12H20N2O2. The molecule has 1 aromatic heterocycles. The Morgan fingerprint density at radius 3 is 3.19 bits per heavy atom. The van der Waals surface area contributed by atoms with Gasteiger partial charge in [-0.3, -0.25) is 4.90 Å². The minimum atomic E-state index is -0.669. The number of furan rings is 1. The average molecular weight is 224 g/mol. The summed E-state index contributed by atoms with van der Waals surface area (Å²) in [6, 6.07) is 4.26. The molecule has 1 aromatic rings. The number of aliphatic hydroxyl groups is 1. The second-order valence-corrected chi connectivity index (χ2v) is 5.03. The Bertz CT molecular complexity index is 322. The van der Waals surface area contributed by atoms with Gasteiger partial charge in [0.25, 0.3) is 0 Å². The molecule has 1 aliphatic heterocycles. The summed E-state index contributed by atoms with van der Waals surface area (Å²) in [4.78, 5) is 2.23. The molecule has 0 bridgehead atoms. The second kappa shape index (κ2) is 4.57. The minimum Gasteiger partial charge on any atom is -0.468 e. The quantitative estimate of drug-likeness (QED) is 0.781. The standard InChI is InChI=1S/C12H20N2O2/c1-10-6-14(7-11-4-3-5-16-11)9-12(2,15)8-13-10/h3-5,10,13,15H,6-9H2,1-2H3. The van der Waals surface area contributed by atoms with Crippen LogP contribution in [-0.2, 0) is 6.54 Å². The number of hydrogen-bond donors (Lipinski definition) is 2. The number of nitrogens with one attached hydrogen (secondary N) is 1. The highest BCUT2D eigenvalue weighted by Gasteiger charge is 2.29. The molecule has 4 heteroatoms. The van der Waals surface area contributed by atoms with Crippen molar-refractivity contribution in [3.8, 4) is 0 Å². The second-order valence-electron chi connectivity index (χ2n) is 5.03. The van der Waals surface area contributed by atoms with Crippen molar-refractivity contribution in [3.63, 3.8) is 0 Å². The van der Waals surface area contributed by atoms with E-state index in [9.17, 15) is 5.11 Å². The highest BCUT2D eigenvalue weighted by atomic mass is 16.3. The van der Waals surface area contributed by atoms with E-state index in [0.717, 1.165) is 18.8 Å². The van der Waals surface area contributed by atoms with Gasteiger partial charge in [-0.05, 0) is 26.0 Å². The summed E-state index contributed by atoms with van der Waals surface area (Å²) in [6.07, 6.45) is 1.69. The van der Waals surface area contributed by atoms with Crippen LogP contribution in [0.5, 0.6) is 0 Å². The van der Waals surface area contributed by atoms with E-state index in [1.54, 1.807) is 6.26 Å². The van der Waals surface area contributed by atoms with Gasteiger partial charge >= 0.3 is 0 Å². The van der Waals surface area contributed by atoms with Crippen LogP contribution >= 0.6 is 0 Å². The first-order valence-corrected chi connectivity index (χ1v) is 5.76. The van der Waals surface area contributed by atoms with E-state index in [1.807, 2.05) is 19.1 Å². The van der Waals surface area contributed by atoms with Crippen LogP contribution in [0.1, 0.15) is 19.6 Å². The Morgan fingerprint density at radius 2 is 2.50 bits per heavy atom. The van der Waals surface area contributed by atoms with E-state index in [4.69, 9.17) is 4.42 Å². The van der Waals surface area contributed by atoms with Crippen molar-refractivity contribution in [1.29, 1.82) is 0 Å². The first-order chi connectivity index (χ1) is 7.55. The van der Waals surface area contributed by atoms with E-state index in [1.165, 1.54) is 0 Å². The van der Waals surface area contributed by atoms with Gasteiger partial charge in [-0.15, -0.1) is 0 Å². The van der Waals surface area contributed by atoms with Gasteiger partial charge in [0.2, 0.25) is 0 Å². The van der Waals surface area contributed by atoms with Crippen LogP contribution in [-0.4, -0.2) is 41.3 Å². The summed E-state index contributed by atoms with van der Waals surface area (Å²) in [7, 11) is 0. The molecule has 1 aliphatic rings. The SMILES string of the molecule is CC1CN(Cc2ccco2)CC(C)(O)CN1. The lowest BCUT2D eigenvalue weighted by molar-refractivity contribution is 0.0305. The molecule has 2 unspecified atom stereocenters. The van der Waals surface area contributed by atoms with E-state index in [0.29, 0.717) is 19.1 Å². The van der Waals surface area contributed by atoms with Crippen LogP contribution in [0.25, 0.3) is 0 Å². The average Bonchev–Trinajstić information content (AvgIpc) is 2.62. The zero-order chi connectivity index (χ0) is 11.6. The summed E-state index contributed by atoms with van der Waals surface area (Å²) in [6.45, 7) is 7.00. The smallest absolute Gasteiger partial charge is 0.117 e.